The maximum Gasteiger partial charge on any atom is 0.278 e. The van der Waals surface area contributed by atoms with Crippen LogP contribution in [-0.2, 0) is 0 Å². The largest absolute Gasteiger partial charge is 0.372 e. The highest BCUT2D eigenvalue weighted by molar-refractivity contribution is 6.04. The number of anilines is 2. The van der Waals surface area contributed by atoms with Gasteiger partial charge in [-0.15, -0.1) is 0 Å². The van der Waals surface area contributed by atoms with E-state index < -0.39 is 5.82 Å². The fourth-order valence-corrected chi connectivity index (χ4v) is 1.56. The molecule has 1 aromatic carbocycles. The fraction of sp³-hybridized carbons (Fsp3) is 0.154. The number of hydrogen-bond acceptors (Lipinski definition) is 4. The molecule has 0 aliphatic rings. The summed E-state index contributed by atoms with van der Waals surface area (Å²) in [5.74, 6) is -0.249. The molecule has 19 heavy (non-hydrogen) atoms. The molecule has 0 radical (unpaired) electrons. The topological polar surface area (TPSA) is 58.1 Å². The number of benzene rings is 1. The standard InChI is InChI=1S/C13H13FN4O/c1-15-12-8-16-7-11(17-12)13(19)18(2)10-5-3-4-9(14)6-10/h3-8H,1-2H3,(H,15,17). The van der Waals surface area contributed by atoms with Crippen LogP contribution in [0, 0.1) is 5.82 Å². The number of nitrogens with zero attached hydrogens (tertiary/aromatic N) is 3. The van der Waals surface area contributed by atoms with E-state index in [1.807, 2.05) is 0 Å². The van der Waals surface area contributed by atoms with Gasteiger partial charge in [0, 0.05) is 19.8 Å². The first-order chi connectivity index (χ1) is 9.11. The molecule has 2 rings (SSSR count). The van der Waals surface area contributed by atoms with E-state index in [0.29, 0.717) is 11.5 Å². The highest BCUT2D eigenvalue weighted by atomic mass is 19.1. The molecule has 1 amide bonds. The monoisotopic (exact) mass is 260 g/mol. The van der Waals surface area contributed by atoms with Gasteiger partial charge in [0.25, 0.3) is 5.91 Å². The first kappa shape index (κ1) is 12.9. The van der Waals surface area contributed by atoms with Crippen LogP contribution in [0.4, 0.5) is 15.9 Å². The van der Waals surface area contributed by atoms with Crippen LogP contribution < -0.4 is 10.2 Å². The lowest BCUT2D eigenvalue weighted by atomic mass is 10.2. The highest BCUT2D eigenvalue weighted by Crippen LogP contribution is 2.16. The molecule has 0 atom stereocenters. The quantitative estimate of drug-likeness (QED) is 0.916. The van der Waals surface area contributed by atoms with Gasteiger partial charge in [0.2, 0.25) is 0 Å². The van der Waals surface area contributed by atoms with Crippen LogP contribution in [0.25, 0.3) is 0 Å². The number of rotatable bonds is 3. The van der Waals surface area contributed by atoms with E-state index in [1.54, 1.807) is 26.2 Å². The van der Waals surface area contributed by atoms with E-state index in [1.165, 1.54) is 29.4 Å². The second kappa shape index (κ2) is 5.43. The molecule has 0 unspecified atom stereocenters. The second-order valence-electron chi connectivity index (χ2n) is 3.88. The number of amides is 1. The molecule has 2 aromatic rings. The van der Waals surface area contributed by atoms with E-state index in [9.17, 15) is 9.18 Å². The van der Waals surface area contributed by atoms with Gasteiger partial charge in [0.15, 0.2) is 0 Å². The molecule has 0 spiro atoms. The Balaban J connectivity index is 2.28. The third-order valence-corrected chi connectivity index (χ3v) is 2.61. The van der Waals surface area contributed by atoms with Crippen LogP contribution in [-0.4, -0.2) is 30.0 Å². The summed E-state index contributed by atoms with van der Waals surface area (Å²) < 4.78 is 13.1. The van der Waals surface area contributed by atoms with Gasteiger partial charge >= 0.3 is 0 Å². The van der Waals surface area contributed by atoms with Crippen molar-refractivity contribution >= 4 is 17.4 Å². The van der Waals surface area contributed by atoms with Crippen molar-refractivity contribution in [1.29, 1.82) is 0 Å². The Hall–Kier alpha value is -2.50. The molecule has 0 bridgehead atoms. The molecule has 1 heterocycles. The maximum absolute atomic E-state index is 13.1. The van der Waals surface area contributed by atoms with Crippen molar-refractivity contribution < 1.29 is 9.18 Å². The van der Waals surface area contributed by atoms with Crippen LogP contribution in [0.1, 0.15) is 10.5 Å². The number of carbonyl (C=O) groups excluding carboxylic acids is 1. The Kier molecular flexibility index (Phi) is 3.70. The van der Waals surface area contributed by atoms with Gasteiger partial charge in [-0.1, -0.05) is 6.07 Å². The summed E-state index contributed by atoms with van der Waals surface area (Å²) in [5, 5.41) is 2.81. The van der Waals surface area contributed by atoms with Crippen molar-refractivity contribution in [2.75, 3.05) is 24.3 Å². The lowest BCUT2D eigenvalue weighted by Crippen LogP contribution is -2.27. The van der Waals surface area contributed by atoms with Crippen molar-refractivity contribution in [2.45, 2.75) is 0 Å². The summed E-state index contributed by atoms with van der Waals surface area (Å²) in [6.45, 7) is 0. The third-order valence-electron chi connectivity index (χ3n) is 2.61. The zero-order valence-corrected chi connectivity index (χ0v) is 10.6. The normalized spacial score (nSPS) is 10.1. The molecule has 0 fully saturated rings. The molecular formula is C13H13FN4O. The summed E-state index contributed by atoms with van der Waals surface area (Å²) in [4.78, 5) is 21.5. The van der Waals surface area contributed by atoms with Crippen molar-refractivity contribution in [1.82, 2.24) is 9.97 Å². The van der Waals surface area contributed by atoms with Crippen LogP contribution in [0.3, 0.4) is 0 Å². The number of aromatic nitrogens is 2. The highest BCUT2D eigenvalue weighted by Gasteiger charge is 2.16. The molecule has 6 heteroatoms. The summed E-state index contributed by atoms with van der Waals surface area (Å²) in [6, 6.07) is 5.80. The predicted molar refractivity (Wildman–Crippen MR) is 70.7 cm³/mol. The fourth-order valence-electron chi connectivity index (χ4n) is 1.56. The van der Waals surface area contributed by atoms with Crippen molar-refractivity contribution in [3.05, 3.63) is 48.2 Å². The average molecular weight is 260 g/mol. The first-order valence-corrected chi connectivity index (χ1v) is 5.65. The molecule has 98 valence electrons. The molecule has 5 nitrogen and oxygen atoms in total. The van der Waals surface area contributed by atoms with E-state index in [0.717, 1.165) is 0 Å². The van der Waals surface area contributed by atoms with Crippen molar-refractivity contribution in [2.24, 2.45) is 0 Å². The molecule has 1 N–H and O–H groups in total. The number of carbonyl (C=O) groups is 1. The summed E-state index contributed by atoms with van der Waals surface area (Å²) in [7, 11) is 3.25. The maximum atomic E-state index is 13.1. The van der Waals surface area contributed by atoms with Crippen LogP contribution >= 0.6 is 0 Å². The summed E-state index contributed by atoms with van der Waals surface area (Å²) in [6.07, 6.45) is 2.89. The van der Waals surface area contributed by atoms with Crippen LogP contribution in [0.15, 0.2) is 36.7 Å². The summed E-state index contributed by atoms with van der Waals surface area (Å²) >= 11 is 0. The Bertz CT molecular complexity index is 603. The number of hydrogen-bond donors (Lipinski definition) is 1. The molecule has 0 aliphatic carbocycles. The lowest BCUT2D eigenvalue weighted by Gasteiger charge is -2.16. The SMILES string of the molecule is CNc1cncc(C(=O)N(C)c2cccc(F)c2)n1. The minimum atomic E-state index is -0.396. The van der Waals surface area contributed by atoms with Gasteiger partial charge in [0.05, 0.1) is 12.4 Å². The molecule has 0 aliphatic heterocycles. The lowest BCUT2D eigenvalue weighted by molar-refractivity contribution is 0.0988. The zero-order valence-electron chi connectivity index (χ0n) is 10.6. The average Bonchev–Trinajstić information content (AvgIpc) is 2.45. The Morgan fingerprint density at radius 1 is 1.37 bits per heavy atom. The third kappa shape index (κ3) is 2.85. The van der Waals surface area contributed by atoms with E-state index >= 15 is 0 Å². The Morgan fingerprint density at radius 3 is 2.84 bits per heavy atom. The summed E-state index contributed by atoms with van der Waals surface area (Å²) in [5.41, 5.74) is 0.653. The molecular weight excluding hydrogens is 247 g/mol. The van der Waals surface area contributed by atoms with Gasteiger partial charge in [-0.25, -0.2) is 9.37 Å². The smallest absolute Gasteiger partial charge is 0.278 e. The van der Waals surface area contributed by atoms with Gasteiger partial charge in [-0.2, -0.15) is 0 Å². The first-order valence-electron chi connectivity index (χ1n) is 5.65. The number of halogens is 1. The van der Waals surface area contributed by atoms with E-state index in [4.69, 9.17) is 0 Å². The molecule has 0 saturated carbocycles. The minimum Gasteiger partial charge on any atom is -0.372 e. The molecule has 0 saturated heterocycles. The Labute approximate surface area is 110 Å². The van der Waals surface area contributed by atoms with Gasteiger partial charge < -0.3 is 10.2 Å². The van der Waals surface area contributed by atoms with Crippen LogP contribution in [0.5, 0.6) is 0 Å². The molecule has 1 aromatic heterocycles. The van der Waals surface area contributed by atoms with E-state index in [2.05, 4.69) is 15.3 Å². The van der Waals surface area contributed by atoms with E-state index in [-0.39, 0.29) is 11.6 Å². The number of nitrogens with one attached hydrogen (secondary N) is 1. The predicted octanol–water partition coefficient (Wildman–Crippen LogP) is 1.93. The van der Waals surface area contributed by atoms with Gasteiger partial charge in [-0.3, -0.25) is 9.78 Å². The van der Waals surface area contributed by atoms with Crippen molar-refractivity contribution in [3.8, 4) is 0 Å². The minimum absolute atomic E-state index is 0.193. The van der Waals surface area contributed by atoms with Gasteiger partial charge in [0.1, 0.15) is 17.3 Å². The van der Waals surface area contributed by atoms with Gasteiger partial charge in [-0.05, 0) is 18.2 Å². The Morgan fingerprint density at radius 2 is 2.16 bits per heavy atom. The van der Waals surface area contributed by atoms with Crippen LogP contribution in [0.2, 0.25) is 0 Å². The van der Waals surface area contributed by atoms with Crippen molar-refractivity contribution in [3.63, 3.8) is 0 Å². The second-order valence-corrected chi connectivity index (χ2v) is 3.88. The zero-order chi connectivity index (χ0) is 13.8.